The first-order valence-electron chi connectivity index (χ1n) is 8.95. The summed E-state index contributed by atoms with van der Waals surface area (Å²) in [4.78, 5) is 14.4. The van der Waals surface area contributed by atoms with Crippen molar-refractivity contribution in [3.63, 3.8) is 0 Å². The molecule has 2 nitrogen and oxygen atoms in total. The van der Waals surface area contributed by atoms with Gasteiger partial charge in [0.1, 0.15) is 0 Å². The number of carbonyl (C=O) groups is 1. The van der Waals surface area contributed by atoms with Gasteiger partial charge in [0.05, 0.1) is 6.42 Å². The van der Waals surface area contributed by atoms with Gasteiger partial charge in [-0.2, -0.15) is 0 Å². The van der Waals surface area contributed by atoms with Crippen LogP contribution in [0.1, 0.15) is 44.6 Å². The molecule has 0 aliphatic heterocycles. The third-order valence-electron chi connectivity index (χ3n) is 5.88. The zero-order valence-corrected chi connectivity index (χ0v) is 14.0. The van der Waals surface area contributed by atoms with Gasteiger partial charge in [-0.3, -0.25) is 4.79 Å². The van der Waals surface area contributed by atoms with Crippen LogP contribution < -0.4 is 0 Å². The van der Waals surface area contributed by atoms with Crippen LogP contribution >= 0.6 is 0 Å². The summed E-state index contributed by atoms with van der Waals surface area (Å²) >= 11 is 0. The number of rotatable bonds is 6. The maximum absolute atomic E-state index is 12.4. The van der Waals surface area contributed by atoms with Crippen molar-refractivity contribution in [2.24, 2.45) is 23.7 Å². The van der Waals surface area contributed by atoms with E-state index in [0.717, 1.165) is 35.8 Å². The van der Waals surface area contributed by atoms with Gasteiger partial charge in [0.25, 0.3) is 0 Å². The molecule has 120 valence electrons. The number of carbonyl (C=O) groups excluding carboxylic acids is 1. The summed E-state index contributed by atoms with van der Waals surface area (Å²) in [6, 6.07) is 10.1. The molecule has 1 aromatic carbocycles. The molecule has 1 aromatic rings. The number of hydrogen-bond acceptors (Lipinski definition) is 1. The second-order valence-electron chi connectivity index (χ2n) is 7.48. The standard InChI is InChI=1S/C20H29NO/c1-3-7-17-10-16-11-18(19(17)12-16)14-21(2)20(22)13-15-8-5-4-6-9-15/h4-6,8-9,16-19H,3,7,10-14H2,1-2H3. The molecular formula is C20H29NO. The van der Waals surface area contributed by atoms with Crippen molar-refractivity contribution in [3.05, 3.63) is 35.9 Å². The van der Waals surface area contributed by atoms with Gasteiger partial charge in [-0.15, -0.1) is 0 Å². The molecule has 0 radical (unpaired) electrons. The summed E-state index contributed by atoms with van der Waals surface area (Å²) in [7, 11) is 1.99. The highest BCUT2D eigenvalue weighted by Gasteiger charge is 2.45. The molecule has 0 heterocycles. The average molecular weight is 299 g/mol. The first kappa shape index (κ1) is 15.6. The lowest BCUT2D eigenvalue weighted by atomic mass is 9.78. The van der Waals surface area contributed by atoms with E-state index in [1.807, 2.05) is 42.3 Å². The van der Waals surface area contributed by atoms with Crippen LogP contribution in [0.3, 0.4) is 0 Å². The van der Waals surface area contributed by atoms with Gasteiger partial charge in [-0.05, 0) is 48.5 Å². The minimum Gasteiger partial charge on any atom is -0.345 e. The lowest BCUT2D eigenvalue weighted by Gasteiger charge is -2.32. The van der Waals surface area contributed by atoms with Crippen molar-refractivity contribution in [1.29, 1.82) is 0 Å². The number of nitrogens with zero attached hydrogens (tertiary/aromatic N) is 1. The number of benzene rings is 1. The molecule has 2 saturated carbocycles. The maximum atomic E-state index is 12.4. The van der Waals surface area contributed by atoms with Gasteiger partial charge in [0.2, 0.25) is 5.91 Å². The molecule has 0 saturated heterocycles. The Kier molecular flexibility index (Phi) is 4.85. The summed E-state index contributed by atoms with van der Waals surface area (Å²) in [5.41, 5.74) is 1.12. The van der Waals surface area contributed by atoms with Crippen LogP contribution in [-0.4, -0.2) is 24.4 Å². The summed E-state index contributed by atoms with van der Waals surface area (Å²) in [5, 5.41) is 0. The van der Waals surface area contributed by atoms with E-state index in [9.17, 15) is 4.79 Å². The highest BCUT2D eigenvalue weighted by molar-refractivity contribution is 5.78. The molecule has 3 rings (SSSR count). The largest absolute Gasteiger partial charge is 0.345 e. The quantitative estimate of drug-likeness (QED) is 0.772. The minimum atomic E-state index is 0.265. The van der Waals surface area contributed by atoms with Crippen molar-refractivity contribution >= 4 is 5.91 Å². The topological polar surface area (TPSA) is 20.3 Å². The number of amides is 1. The smallest absolute Gasteiger partial charge is 0.226 e. The minimum absolute atomic E-state index is 0.265. The molecule has 22 heavy (non-hydrogen) atoms. The lowest BCUT2D eigenvalue weighted by molar-refractivity contribution is -0.130. The van der Waals surface area contributed by atoms with Crippen molar-refractivity contribution in [1.82, 2.24) is 4.90 Å². The van der Waals surface area contributed by atoms with E-state index in [-0.39, 0.29) is 5.91 Å². The predicted octanol–water partition coefficient (Wildman–Crippen LogP) is 4.15. The van der Waals surface area contributed by atoms with Crippen LogP contribution in [-0.2, 0) is 11.2 Å². The molecule has 2 aliphatic rings. The molecule has 0 N–H and O–H groups in total. The van der Waals surface area contributed by atoms with Crippen LogP contribution in [0.15, 0.2) is 30.3 Å². The SMILES string of the molecule is CCCC1CC2CC(CN(C)C(=O)Cc3ccccc3)C1C2. The average Bonchev–Trinajstić information content (AvgIpc) is 3.08. The molecule has 2 heteroatoms. The molecule has 4 atom stereocenters. The Morgan fingerprint density at radius 1 is 1.14 bits per heavy atom. The third-order valence-corrected chi connectivity index (χ3v) is 5.88. The molecule has 2 aliphatic carbocycles. The van der Waals surface area contributed by atoms with E-state index in [4.69, 9.17) is 0 Å². The maximum Gasteiger partial charge on any atom is 0.226 e. The Hall–Kier alpha value is -1.31. The van der Waals surface area contributed by atoms with E-state index in [1.54, 1.807) is 0 Å². The third kappa shape index (κ3) is 3.37. The number of fused-ring (bicyclic) bond motifs is 2. The van der Waals surface area contributed by atoms with Crippen LogP contribution in [0.2, 0.25) is 0 Å². The Labute approximate surface area is 134 Å². The first-order chi connectivity index (χ1) is 10.7. The normalized spacial score (nSPS) is 29.7. The van der Waals surface area contributed by atoms with Crippen molar-refractivity contribution in [2.75, 3.05) is 13.6 Å². The van der Waals surface area contributed by atoms with Gasteiger partial charge in [-0.25, -0.2) is 0 Å². The van der Waals surface area contributed by atoms with E-state index in [0.29, 0.717) is 6.42 Å². The van der Waals surface area contributed by atoms with Crippen molar-refractivity contribution in [3.8, 4) is 0 Å². The second-order valence-corrected chi connectivity index (χ2v) is 7.48. The van der Waals surface area contributed by atoms with Crippen LogP contribution in [0.5, 0.6) is 0 Å². The molecule has 2 fully saturated rings. The highest BCUT2D eigenvalue weighted by Crippen LogP contribution is 2.53. The van der Waals surface area contributed by atoms with E-state index < -0.39 is 0 Å². The summed E-state index contributed by atoms with van der Waals surface area (Å²) in [6.45, 7) is 3.27. The Morgan fingerprint density at radius 3 is 2.55 bits per heavy atom. The van der Waals surface area contributed by atoms with E-state index >= 15 is 0 Å². The van der Waals surface area contributed by atoms with Crippen LogP contribution in [0.25, 0.3) is 0 Å². The van der Waals surface area contributed by atoms with Crippen LogP contribution in [0, 0.1) is 23.7 Å². The Bertz CT molecular complexity index is 498. The van der Waals surface area contributed by atoms with Crippen molar-refractivity contribution in [2.45, 2.75) is 45.4 Å². The van der Waals surface area contributed by atoms with Gasteiger partial charge < -0.3 is 4.90 Å². The molecule has 1 amide bonds. The summed E-state index contributed by atoms with van der Waals surface area (Å²) < 4.78 is 0. The van der Waals surface area contributed by atoms with Gasteiger partial charge in [0.15, 0.2) is 0 Å². The van der Waals surface area contributed by atoms with Crippen LogP contribution in [0.4, 0.5) is 0 Å². The number of likely N-dealkylation sites (N-methyl/N-ethyl adjacent to an activating group) is 1. The van der Waals surface area contributed by atoms with Crippen molar-refractivity contribution < 1.29 is 4.79 Å². The molecule has 4 unspecified atom stereocenters. The fourth-order valence-corrected chi connectivity index (χ4v) is 4.92. The fourth-order valence-electron chi connectivity index (χ4n) is 4.92. The summed E-state index contributed by atoms with van der Waals surface area (Å²) in [5.74, 6) is 3.79. The zero-order chi connectivity index (χ0) is 15.5. The molecule has 0 spiro atoms. The van der Waals surface area contributed by atoms with Gasteiger partial charge in [0, 0.05) is 13.6 Å². The van der Waals surface area contributed by atoms with E-state index in [1.165, 1.54) is 32.1 Å². The Morgan fingerprint density at radius 2 is 1.86 bits per heavy atom. The zero-order valence-electron chi connectivity index (χ0n) is 14.0. The van der Waals surface area contributed by atoms with E-state index in [2.05, 4.69) is 6.92 Å². The first-order valence-corrected chi connectivity index (χ1v) is 8.95. The lowest BCUT2D eigenvalue weighted by Crippen LogP contribution is -2.36. The Balaban J connectivity index is 1.53. The highest BCUT2D eigenvalue weighted by atomic mass is 16.2. The molecule has 0 aromatic heterocycles. The fraction of sp³-hybridized carbons (Fsp3) is 0.650. The second kappa shape index (κ2) is 6.85. The molecule has 2 bridgehead atoms. The van der Waals surface area contributed by atoms with Gasteiger partial charge in [-0.1, -0.05) is 50.1 Å². The monoisotopic (exact) mass is 299 g/mol. The summed E-state index contributed by atoms with van der Waals surface area (Å²) in [6.07, 6.45) is 7.47. The number of hydrogen-bond donors (Lipinski definition) is 0. The predicted molar refractivity (Wildman–Crippen MR) is 90.5 cm³/mol. The molecular weight excluding hydrogens is 270 g/mol. The van der Waals surface area contributed by atoms with Gasteiger partial charge >= 0.3 is 0 Å².